The van der Waals surface area contributed by atoms with Gasteiger partial charge in [0.2, 0.25) is 0 Å². The Morgan fingerprint density at radius 1 is 1.33 bits per heavy atom. The van der Waals surface area contributed by atoms with Gasteiger partial charge in [-0.1, -0.05) is 6.92 Å². The van der Waals surface area contributed by atoms with Crippen molar-refractivity contribution in [2.24, 2.45) is 0 Å². The summed E-state index contributed by atoms with van der Waals surface area (Å²) in [5, 5.41) is 2.87. The second-order valence-corrected chi connectivity index (χ2v) is 5.82. The first-order chi connectivity index (χ1) is 5.38. The molecule has 0 rings (SSSR count). The van der Waals surface area contributed by atoms with E-state index in [1.165, 1.54) is 6.26 Å². The predicted octanol–water partition coefficient (Wildman–Crippen LogP) is 0.808. The Morgan fingerprint density at radius 2 is 1.83 bits per heavy atom. The molecule has 0 heterocycles. The number of hydrogen-bond acceptors (Lipinski definition) is 3. The van der Waals surface area contributed by atoms with Gasteiger partial charge in [-0.2, -0.15) is 0 Å². The van der Waals surface area contributed by atoms with Gasteiger partial charge in [0.15, 0.2) is 9.84 Å². The molecule has 3 nitrogen and oxygen atoms in total. The molecule has 0 aromatic carbocycles. The number of hydrogen-bond donors (Lipinski definition) is 1. The highest BCUT2D eigenvalue weighted by molar-refractivity contribution is 7.91. The fourth-order valence-electron chi connectivity index (χ4n) is 0.663. The van der Waals surface area contributed by atoms with E-state index in [0.717, 1.165) is 6.42 Å². The molecule has 0 fully saturated rings. The third kappa shape index (κ3) is 4.72. The molecule has 2 atom stereocenters. The van der Waals surface area contributed by atoms with Gasteiger partial charge < -0.3 is 5.32 Å². The van der Waals surface area contributed by atoms with E-state index in [1.54, 1.807) is 6.92 Å². The van der Waals surface area contributed by atoms with Crippen molar-refractivity contribution in [3.05, 3.63) is 0 Å². The number of sulfone groups is 1. The van der Waals surface area contributed by atoms with Crippen molar-refractivity contribution in [2.75, 3.05) is 12.8 Å². The summed E-state index contributed by atoms with van der Waals surface area (Å²) in [6.45, 7) is 6.40. The van der Waals surface area contributed by atoms with E-state index in [2.05, 4.69) is 19.2 Å². The zero-order valence-electron chi connectivity index (χ0n) is 8.29. The van der Waals surface area contributed by atoms with E-state index >= 15 is 0 Å². The van der Waals surface area contributed by atoms with Gasteiger partial charge in [0.1, 0.15) is 0 Å². The van der Waals surface area contributed by atoms with E-state index in [1.807, 2.05) is 0 Å². The average Bonchev–Trinajstić information content (AvgIpc) is 1.97. The molecule has 74 valence electrons. The SMILES string of the molecule is CCC(C)NCC(C)S(C)(=O)=O. The van der Waals surface area contributed by atoms with Crippen LogP contribution in [0.5, 0.6) is 0 Å². The summed E-state index contributed by atoms with van der Waals surface area (Å²) in [6, 6.07) is 0.397. The lowest BCUT2D eigenvalue weighted by molar-refractivity contribution is 0.522. The first-order valence-electron chi connectivity index (χ1n) is 4.30. The van der Waals surface area contributed by atoms with E-state index < -0.39 is 9.84 Å². The number of rotatable bonds is 5. The van der Waals surface area contributed by atoms with Crippen LogP contribution in [0.25, 0.3) is 0 Å². The smallest absolute Gasteiger partial charge is 0.151 e. The van der Waals surface area contributed by atoms with Crippen LogP contribution >= 0.6 is 0 Å². The molecule has 0 radical (unpaired) electrons. The molecule has 0 bridgehead atoms. The van der Waals surface area contributed by atoms with Crippen molar-refractivity contribution in [3.8, 4) is 0 Å². The zero-order chi connectivity index (χ0) is 9.78. The Kier molecular flexibility index (Phi) is 4.78. The minimum absolute atomic E-state index is 0.286. The lowest BCUT2D eigenvalue weighted by Gasteiger charge is -2.14. The second-order valence-electron chi connectivity index (χ2n) is 3.36. The molecule has 0 saturated heterocycles. The number of nitrogens with one attached hydrogen (secondary N) is 1. The van der Waals surface area contributed by atoms with Gasteiger partial charge in [0.05, 0.1) is 5.25 Å². The van der Waals surface area contributed by atoms with Crippen molar-refractivity contribution in [3.63, 3.8) is 0 Å². The van der Waals surface area contributed by atoms with E-state index in [4.69, 9.17) is 0 Å². The largest absolute Gasteiger partial charge is 0.313 e. The monoisotopic (exact) mass is 193 g/mol. The Balaban J connectivity index is 3.80. The fraction of sp³-hybridized carbons (Fsp3) is 1.00. The second kappa shape index (κ2) is 4.82. The summed E-state index contributed by atoms with van der Waals surface area (Å²) >= 11 is 0. The summed E-state index contributed by atoms with van der Waals surface area (Å²) in [6.07, 6.45) is 2.30. The lowest BCUT2D eigenvalue weighted by atomic mass is 10.2. The molecule has 0 aromatic rings. The highest BCUT2D eigenvalue weighted by Gasteiger charge is 2.14. The van der Waals surface area contributed by atoms with E-state index in [-0.39, 0.29) is 5.25 Å². The molecule has 0 aliphatic rings. The van der Waals surface area contributed by atoms with Crippen LogP contribution in [0, 0.1) is 0 Å². The molecule has 0 amide bonds. The molecule has 0 spiro atoms. The molecule has 0 aliphatic carbocycles. The summed E-state index contributed by atoms with van der Waals surface area (Å²) in [5.74, 6) is 0. The van der Waals surface area contributed by atoms with Crippen molar-refractivity contribution < 1.29 is 8.42 Å². The summed E-state index contributed by atoms with van der Waals surface area (Å²) in [4.78, 5) is 0. The standard InChI is InChI=1S/C8H19NO2S/c1-5-7(2)9-6-8(3)12(4,10)11/h7-9H,5-6H2,1-4H3. The van der Waals surface area contributed by atoms with E-state index in [9.17, 15) is 8.42 Å². The zero-order valence-corrected chi connectivity index (χ0v) is 9.11. The molecule has 2 unspecified atom stereocenters. The van der Waals surface area contributed by atoms with E-state index in [0.29, 0.717) is 12.6 Å². The maximum Gasteiger partial charge on any atom is 0.151 e. The van der Waals surface area contributed by atoms with Crippen LogP contribution in [-0.4, -0.2) is 32.5 Å². The summed E-state index contributed by atoms with van der Waals surface area (Å²) in [5.41, 5.74) is 0. The molecule has 4 heteroatoms. The van der Waals surface area contributed by atoms with Gasteiger partial charge in [-0.3, -0.25) is 0 Å². The Morgan fingerprint density at radius 3 is 2.17 bits per heavy atom. The van der Waals surface area contributed by atoms with Crippen LogP contribution in [0.3, 0.4) is 0 Å². The van der Waals surface area contributed by atoms with Crippen LogP contribution in [0.15, 0.2) is 0 Å². The highest BCUT2D eigenvalue weighted by Crippen LogP contribution is 1.97. The maximum atomic E-state index is 11.0. The van der Waals surface area contributed by atoms with Gasteiger partial charge in [0, 0.05) is 18.8 Å². The Labute approximate surface area is 75.5 Å². The third-order valence-corrected chi connectivity index (χ3v) is 3.73. The van der Waals surface area contributed by atoms with Crippen LogP contribution < -0.4 is 5.32 Å². The van der Waals surface area contributed by atoms with Crippen LogP contribution in [0.2, 0.25) is 0 Å². The molecule has 0 aliphatic heterocycles. The third-order valence-electron chi connectivity index (χ3n) is 2.10. The lowest BCUT2D eigenvalue weighted by Crippen LogP contribution is -2.35. The molecular formula is C8H19NO2S. The van der Waals surface area contributed by atoms with Gasteiger partial charge in [0.25, 0.3) is 0 Å². The van der Waals surface area contributed by atoms with Crippen molar-refractivity contribution in [1.29, 1.82) is 0 Å². The quantitative estimate of drug-likeness (QED) is 0.703. The van der Waals surface area contributed by atoms with Crippen LogP contribution in [-0.2, 0) is 9.84 Å². The van der Waals surface area contributed by atoms with Gasteiger partial charge in [-0.15, -0.1) is 0 Å². The molecular weight excluding hydrogens is 174 g/mol. The Bertz CT molecular complexity index is 211. The van der Waals surface area contributed by atoms with Gasteiger partial charge in [-0.05, 0) is 20.3 Å². The average molecular weight is 193 g/mol. The van der Waals surface area contributed by atoms with Crippen molar-refractivity contribution in [2.45, 2.75) is 38.5 Å². The summed E-state index contributed by atoms with van der Waals surface area (Å²) in [7, 11) is -2.87. The normalized spacial score (nSPS) is 17.3. The highest BCUT2D eigenvalue weighted by atomic mass is 32.2. The van der Waals surface area contributed by atoms with Crippen molar-refractivity contribution >= 4 is 9.84 Å². The first-order valence-corrected chi connectivity index (χ1v) is 6.25. The molecule has 1 N–H and O–H groups in total. The van der Waals surface area contributed by atoms with Crippen molar-refractivity contribution in [1.82, 2.24) is 5.32 Å². The minimum atomic E-state index is -2.87. The fourth-order valence-corrected chi connectivity index (χ4v) is 1.06. The van der Waals surface area contributed by atoms with Gasteiger partial charge in [-0.25, -0.2) is 8.42 Å². The summed E-state index contributed by atoms with van der Waals surface area (Å²) < 4.78 is 22.0. The molecule has 12 heavy (non-hydrogen) atoms. The first kappa shape index (κ1) is 11.9. The minimum Gasteiger partial charge on any atom is -0.313 e. The van der Waals surface area contributed by atoms with Crippen LogP contribution in [0.4, 0.5) is 0 Å². The van der Waals surface area contributed by atoms with Gasteiger partial charge >= 0.3 is 0 Å². The maximum absolute atomic E-state index is 11.0. The Hall–Kier alpha value is -0.0900. The topological polar surface area (TPSA) is 46.2 Å². The molecule has 0 saturated carbocycles. The molecule has 0 aromatic heterocycles. The van der Waals surface area contributed by atoms with Crippen LogP contribution in [0.1, 0.15) is 27.2 Å². The predicted molar refractivity (Wildman–Crippen MR) is 52.1 cm³/mol.